The minimum absolute atomic E-state index is 0.102. The van der Waals surface area contributed by atoms with E-state index >= 15 is 0 Å². The zero-order chi connectivity index (χ0) is 20.1. The normalized spacial score (nSPS) is 19.0. The van der Waals surface area contributed by atoms with Crippen LogP contribution in [0.2, 0.25) is 0 Å². The first kappa shape index (κ1) is 19.7. The average Bonchev–Trinajstić information content (AvgIpc) is 3.15. The number of pyridine rings is 1. The van der Waals surface area contributed by atoms with Crippen molar-refractivity contribution in [3.05, 3.63) is 42.3 Å². The van der Waals surface area contributed by atoms with Crippen molar-refractivity contribution in [2.45, 2.75) is 26.2 Å². The van der Waals surface area contributed by atoms with Gasteiger partial charge >= 0.3 is 0 Å². The van der Waals surface area contributed by atoms with Gasteiger partial charge in [-0.05, 0) is 55.0 Å². The lowest BCUT2D eigenvalue weighted by Crippen LogP contribution is -2.21. The molecule has 1 aromatic heterocycles. The van der Waals surface area contributed by atoms with Gasteiger partial charge in [0.2, 0.25) is 11.8 Å². The summed E-state index contributed by atoms with van der Waals surface area (Å²) in [5, 5.41) is 2.85. The van der Waals surface area contributed by atoms with Gasteiger partial charge in [-0.3, -0.25) is 9.59 Å². The highest BCUT2D eigenvalue weighted by atomic mass is 19.1. The maximum absolute atomic E-state index is 13.4. The summed E-state index contributed by atoms with van der Waals surface area (Å²) < 4.78 is 18.7. The van der Waals surface area contributed by atoms with E-state index in [4.69, 9.17) is 4.74 Å². The Morgan fingerprint density at radius 3 is 2.86 bits per heavy atom. The number of benzene rings is 1. The van der Waals surface area contributed by atoms with Gasteiger partial charge in [0.05, 0.1) is 7.11 Å². The second-order valence-electron chi connectivity index (χ2n) is 6.83. The van der Waals surface area contributed by atoms with E-state index in [1.807, 2.05) is 0 Å². The SMILES string of the molecule is COc1cc(F)ccc1-c1ccnc(NC(=O)[C@@H]2CCC(C=NC(C)=O)C2)c1. The predicted molar refractivity (Wildman–Crippen MR) is 105 cm³/mol. The van der Waals surface area contributed by atoms with Crippen molar-refractivity contribution in [2.75, 3.05) is 12.4 Å². The number of rotatable bonds is 5. The molecule has 28 heavy (non-hydrogen) atoms. The third-order valence-electron chi connectivity index (χ3n) is 4.80. The molecule has 1 aliphatic carbocycles. The smallest absolute Gasteiger partial charge is 0.242 e. The summed E-state index contributed by atoms with van der Waals surface area (Å²) in [7, 11) is 1.48. The molecule has 1 saturated carbocycles. The summed E-state index contributed by atoms with van der Waals surface area (Å²) in [6.45, 7) is 1.41. The van der Waals surface area contributed by atoms with E-state index in [-0.39, 0.29) is 29.5 Å². The molecule has 0 bridgehead atoms. The number of carbonyl (C=O) groups is 2. The lowest BCUT2D eigenvalue weighted by molar-refractivity contribution is -0.119. The van der Waals surface area contributed by atoms with Gasteiger partial charge in [0.25, 0.3) is 0 Å². The molecule has 146 valence electrons. The summed E-state index contributed by atoms with van der Waals surface area (Å²) in [5.41, 5.74) is 1.48. The van der Waals surface area contributed by atoms with E-state index in [0.717, 1.165) is 18.4 Å². The van der Waals surface area contributed by atoms with Crippen LogP contribution < -0.4 is 10.1 Å². The second kappa shape index (κ2) is 8.73. The van der Waals surface area contributed by atoms with Crippen LogP contribution in [0.1, 0.15) is 26.2 Å². The Hall–Kier alpha value is -3.09. The first-order chi connectivity index (χ1) is 13.5. The number of hydrogen-bond donors (Lipinski definition) is 1. The van der Waals surface area contributed by atoms with Crippen LogP contribution in [0.15, 0.2) is 41.5 Å². The van der Waals surface area contributed by atoms with Crippen molar-refractivity contribution < 1.29 is 18.7 Å². The molecular weight excluding hydrogens is 361 g/mol. The van der Waals surface area contributed by atoms with Crippen LogP contribution in [-0.2, 0) is 9.59 Å². The molecule has 7 heteroatoms. The molecule has 6 nitrogen and oxygen atoms in total. The van der Waals surface area contributed by atoms with Crippen LogP contribution in [0.5, 0.6) is 5.75 Å². The van der Waals surface area contributed by atoms with Crippen LogP contribution in [-0.4, -0.2) is 30.1 Å². The molecule has 2 amide bonds. The van der Waals surface area contributed by atoms with Crippen LogP contribution in [0.3, 0.4) is 0 Å². The molecule has 1 fully saturated rings. The van der Waals surface area contributed by atoms with Gasteiger partial charge in [-0.1, -0.05) is 0 Å². The Morgan fingerprint density at radius 2 is 2.11 bits per heavy atom. The summed E-state index contributed by atoms with van der Waals surface area (Å²) in [4.78, 5) is 31.5. The van der Waals surface area contributed by atoms with Crippen LogP contribution >= 0.6 is 0 Å². The molecule has 1 unspecified atom stereocenters. The number of carbonyl (C=O) groups excluding carboxylic acids is 2. The van der Waals surface area contributed by atoms with Gasteiger partial charge in [-0.2, -0.15) is 0 Å². The monoisotopic (exact) mass is 383 g/mol. The molecule has 1 aliphatic rings. The number of hydrogen-bond acceptors (Lipinski definition) is 4. The van der Waals surface area contributed by atoms with Crippen LogP contribution in [0.4, 0.5) is 10.2 Å². The Bertz CT molecular complexity index is 914. The summed E-state index contributed by atoms with van der Waals surface area (Å²) in [6, 6.07) is 7.81. The van der Waals surface area contributed by atoms with Crippen molar-refractivity contribution in [3.63, 3.8) is 0 Å². The predicted octanol–water partition coefficient (Wildman–Crippen LogP) is 3.87. The average molecular weight is 383 g/mol. The Balaban J connectivity index is 1.70. The first-order valence-electron chi connectivity index (χ1n) is 9.12. The third-order valence-corrected chi connectivity index (χ3v) is 4.80. The molecule has 1 N–H and O–H groups in total. The van der Waals surface area contributed by atoms with Crippen LogP contribution in [0, 0.1) is 17.7 Å². The number of anilines is 1. The number of amides is 2. The fourth-order valence-electron chi connectivity index (χ4n) is 3.40. The molecule has 2 atom stereocenters. The van der Waals surface area contributed by atoms with Crippen molar-refractivity contribution in [1.82, 2.24) is 4.98 Å². The molecular formula is C21H22FN3O3. The first-order valence-corrected chi connectivity index (χ1v) is 9.12. The zero-order valence-corrected chi connectivity index (χ0v) is 15.8. The molecule has 0 spiro atoms. The molecule has 2 aromatic rings. The Morgan fingerprint density at radius 1 is 1.29 bits per heavy atom. The molecule has 1 aromatic carbocycles. The van der Waals surface area contributed by atoms with Crippen molar-refractivity contribution in [2.24, 2.45) is 16.8 Å². The molecule has 0 aliphatic heterocycles. The van der Waals surface area contributed by atoms with E-state index in [0.29, 0.717) is 23.6 Å². The van der Waals surface area contributed by atoms with E-state index in [1.165, 1.54) is 26.2 Å². The third kappa shape index (κ3) is 4.79. The highest BCUT2D eigenvalue weighted by Gasteiger charge is 2.29. The zero-order valence-electron chi connectivity index (χ0n) is 15.8. The number of ether oxygens (including phenoxy) is 1. The van der Waals surface area contributed by atoms with E-state index in [2.05, 4.69) is 15.3 Å². The maximum Gasteiger partial charge on any atom is 0.242 e. The number of halogens is 1. The number of methoxy groups -OCH3 is 1. The maximum atomic E-state index is 13.4. The summed E-state index contributed by atoms with van der Waals surface area (Å²) in [6.07, 6.45) is 5.47. The van der Waals surface area contributed by atoms with Gasteiger partial charge < -0.3 is 10.1 Å². The van der Waals surface area contributed by atoms with Crippen molar-refractivity contribution >= 4 is 23.8 Å². The minimum Gasteiger partial charge on any atom is -0.496 e. The molecule has 0 saturated heterocycles. The number of aromatic nitrogens is 1. The largest absolute Gasteiger partial charge is 0.496 e. The topological polar surface area (TPSA) is 80.7 Å². The van der Waals surface area contributed by atoms with Gasteiger partial charge in [0.15, 0.2) is 0 Å². The fourth-order valence-corrected chi connectivity index (χ4v) is 3.40. The fraction of sp³-hybridized carbons (Fsp3) is 0.333. The van der Waals surface area contributed by atoms with Gasteiger partial charge in [0.1, 0.15) is 17.4 Å². The van der Waals surface area contributed by atoms with Crippen molar-refractivity contribution in [1.29, 1.82) is 0 Å². The lowest BCUT2D eigenvalue weighted by atomic mass is 10.0. The van der Waals surface area contributed by atoms with E-state index in [1.54, 1.807) is 30.6 Å². The lowest BCUT2D eigenvalue weighted by Gasteiger charge is -2.12. The van der Waals surface area contributed by atoms with Crippen molar-refractivity contribution in [3.8, 4) is 16.9 Å². The van der Waals surface area contributed by atoms with Gasteiger partial charge in [0, 0.05) is 36.9 Å². The van der Waals surface area contributed by atoms with E-state index in [9.17, 15) is 14.0 Å². The highest BCUT2D eigenvalue weighted by Crippen LogP contribution is 2.33. The summed E-state index contributed by atoms with van der Waals surface area (Å²) in [5.74, 6) is 0.116. The van der Waals surface area contributed by atoms with Crippen LogP contribution in [0.25, 0.3) is 11.1 Å². The number of nitrogens with one attached hydrogen (secondary N) is 1. The molecule has 1 heterocycles. The Kier molecular flexibility index (Phi) is 6.13. The minimum atomic E-state index is -0.382. The van der Waals surface area contributed by atoms with Gasteiger partial charge in [-0.15, -0.1) is 0 Å². The van der Waals surface area contributed by atoms with Gasteiger partial charge in [-0.25, -0.2) is 14.4 Å². The Labute approximate surface area is 162 Å². The summed E-state index contributed by atoms with van der Waals surface area (Å²) >= 11 is 0. The standard InChI is InChI=1S/C21H22FN3O3/c1-13(26)24-12-14-3-4-16(9-14)21(27)25-20-10-15(7-8-23-20)18-6-5-17(22)11-19(18)28-2/h5-8,10-12,14,16H,3-4,9H2,1-2H3,(H,23,25,27)/t14?,16-/m1/s1. The second-order valence-corrected chi connectivity index (χ2v) is 6.83. The quantitative estimate of drug-likeness (QED) is 0.795. The highest BCUT2D eigenvalue weighted by molar-refractivity contribution is 5.93. The molecule has 0 radical (unpaired) electrons. The number of aliphatic imine (C=N–C) groups is 1. The number of nitrogens with zero attached hydrogens (tertiary/aromatic N) is 2. The van der Waals surface area contributed by atoms with E-state index < -0.39 is 0 Å². The molecule has 3 rings (SSSR count).